The Morgan fingerprint density at radius 3 is 2.72 bits per heavy atom. The predicted molar refractivity (Wildman–Crippen MR) is 129 cm³/mol. The number of aromatic nitrogens is 2. The Morgan fingerprint density at radius 2 is 2.11 bits per heavy atom. The van der Waals surface area contributed by atoms with E-state index in [1.54, 1.807) is 13.1 Å². The Balaban J connectivity index is 1.54. The molecule has 192 valence electrons. The molecule has 1 saturated heterocycles. The summed E-state index contributed by atoms with van der Waals surface area (Å²) in [6, 6.07) is 3.96. The minimum atomic E-state index is -3.95. The van der Waals surface area contributed by atoms with Crippen molar-refractivity contribution < 1.29 is 27.2 Å². The Morgan fingerprint density at radius 1 is 1.31 bits per heavy atom. The zero-order valence-corrected chi connectivity index (χ0v) is 21.0. The van der Waals surface area contributed by atoms with Gasteiger partial charge in [-0.25, -0.2) is 18.1 Å². The number of piperidine rings is 1. The van der Waals surface area contributed by atoms with Crippen molar-refractivity contribution in [2.45, 2.75) is 42.4 Å². The van der Waals surface area contributed by atoms with Crippen molar-refractivity contribution in [3.63, 3.8) is 0 Å². The van der Waals surface area contributed by atoms with E-state index in [9.17, 15) is 22.8 Å². The van der Waals surface area contributed by atoms with Crippen LogP contribution >= 0.6 is 11.3 Å². The molecule has 0 saturated carbocycles. The number of rotatable bonds is 9. The predicted octanol–water partition coefficient (Wildman–Crippen LogP) is 0.239. The molecule has 3 amide bonds. The molecule has 0 bridgehead atoms. The molecule has 4 N–H and O–H groups in total. The third kappa shape index (κ3) is 5.83. The van der Waals surface area contributed by atoms with Gasteiger partial charge < -0.3 is 24.9 Å². The van der Waals surface area contributed by atoms with Crippen LogP contribution in [-0.4, -0.2) is 65.3 Å². The molecular weight excluding hydrogens is 508 g/mol. The summed E-state index contributed by atoms with van der Waals surface area (Å²) >= 11 is 1.42. The number of furan rings is 1. The number of hydrogen-bond donors (Lipinski definition) is 3. The Bertz CT molecular complexity index is 1320. The molecule has 14 heteroatoms. The van der Waals surface area contributed by atoms with Gasteiger partial charge in [-0.05, 0) is 36.4 Å². The third-order valence-electron chi connectivity index (χ3n) is 5.82. The highest BCUT2D eigenvalue weighted by molar-refractivity contribution is 7.89. The number of thiophene rings is 1. The fraction of sp³-hybridized carbons (Fsp3) is 0.364. The normalized spacial score (nSPS) is 19.1. The maximum absolute atomic E-state index is 13.4. The molecule has 3 aromatic rings. The van der Waals surface area contributed by atoms with Crippen LogP contribution in [0, 0.1) is 0 Å². The first kappa shape index (κ1) is 25.6. The second-order valence-corrected chi connectivity index (χ2v) is 11.2. The maximum Gasteiger partial charge on any atom is 0.290 e. The highest BCUT2D eigenvalue weighted by atomic mass is 32.2. The second-order valence-electron chi connectivity index (χ2n) is 8.46. The summed E-state index contributed by atoms with van der Waals surface area (Å²) < 4.78 is 34.9. The smallest absolute Gasteiger partial charge is 0.290 e. The first-order chi connectivity index (χ1) is 17.1. The van der Waals surface area contributed by atoms with E-state index < -0.39 is 45.9 Å². The summed E-state index contributed by atoms with van der Waals surface area (Å²) in [5.41, 5.74) is 5.53. The van der Waals surface area contributed by atoms with Crippen LogP contribution in [0.25, 0.3) is 0 Å². The topological polar surface area (TPSA) is 170 Å². The molecule has 0 aromatic carbocycles. The molecule has 1 fully saturated rings. The number of carbonyl (C=O) groups excluding carboxylic acids is 3. The quantitative estimate of drug-likeness (QED) is 0.353. The second kappa shape index (κ2) is 10.6. The Kier molecular flexibility index (Phi) is 7.56. The molecular formula is C22H26N6O6S2. The number of amides is 3. The molecule has 4 rings (SSSR count). The van der Waals surface area contributed by atoms with Crippen molar-refractivity contribution in [2.24, 2.45) is 12.8 Å². The van der Waals surface area contributed by atoms with Crippen LogP contribution in [0.3, 0.4) is 0 Å². The summed E-state index contributed by atoms with van der Waals surface area (Å²) in [6.45, 7) is 0.0825. The zero-order valence-electron chi connectivity index (χ0n) is 19.4. The fourth-order valence-corrected chi connectivity index (χ4v) is 6.05. The fourth-order valence-electron chi connectivity index (χ4n) is 4.03. The average molecular weight is 535 g/mol. The summed E-state index contributed by atoms with van der Waals surface area (Å²) in [5.74, 6) is -1.80. The molecule has 0 unspecified atom stereocenters. The number of likely N-dealkylation sites (tertiary alicyclic amines) is 1. The van der Waals surface area contributed by atoms with E-state index >= 15 is 0 Å². The van der Waals surface area contributed by atoms with Crippen LogP contribution in [0.4, 0.5) is 0 Å². The molecule has 0 aliphatic carbocycles. The number of imidazole rings is 1. The maximum atomic E-state index is 13.4. The largest absolute Gasteiger partial charge is 0.459 e. The van der Waals surface area contributed by atoms with Crippen LogP contribution in [0.5, 0.6) is 0 Å². The number of sulfonamides is 1. The van der Waals surface area contributed by atoms with Gasteiger partial charge in [0.05, 0.1) is 12.6 Å². The van der Waals surface area contributed by atoms with Crippen molar-refractivity contribution in [1.82, 2.24) is 24.5 Å². The van der Waals surface area contributed by atoms with Crippen molar-refractivity contribution >= 4 is 39.1 Å². The molecule has 36 heavy (non-hydrogen) atoms. The highest BCUT2D eigenvalue weighted by Crippen LogP contribution is 2.23. The first-order valence-corrected chi connectivity index (χ1v) is 13.5. The number of carbonyl (C=O) groups is 3. The molecule has 0 radical (unpaired) electrons. The molecule has 1 aliphatic rings. The number of nitrogens with one attached hydrogen (secondary N) is 2. The van der Waals surface area contributed by atoms with E-state index in [0.717, 1.165) is 4.88 Å². The van der Waals surface area contributed by atoms with E-state index in [2.05, 4.69) is 15.0 Å². The van der Waals surface area contributed by atoms with Crippen molar-refractivity contribution in [2.75, 3.05) is 6.54 Å². The lowest BCUT2D eigenvalue weighted by molar-refractivity contribution is -0.131. The summed E-state index contributed by atoms with van der Waals surface area (Å²) in [6.07, 6.45) is 4.52. The number of aryl methyl sites for hydroxylation is 1. The van der Waals surface area contributed by atoms with Gasteiger partial charge in [0.15, 0.2) is 10.8 Å². The Labute approximate surface area is 211 Å². The van der Waals surface area contributed by atoms with Gasteiger partial charge in [-0.2, -0.15) is 0 Å². The summed E-state index contributed by atoms with van der Waals surface area (Å²) in [5, 5.41) is 4.35. The summed E-state index contributed by atoms with van der Waals surface area (Å²) in [7, 11) is -2.30. The number of hydrogen-bond acceptors (Lipinski definition) is 8. The van der Waals surface area contributed by atoms with Gasteiger partial charge in [0, 0.05) is 37.1 Å². The standard InChI is InChI=1S/C22H26N6O6S2/c1-27-12-19(24-13-27)36(32,33)26-14-6-7-28(22(31)18-5-2-8-34-18)17(10-14)21(30)25-16(20(23)29)11-15-4-3-9-35-15/h2-5,8-9,12-14,16-17,26H,6-7,10-11H2,1H3,(H2,23,29)(H,25,30)/t14-,16-,17-/m0/s1. The third-order valence-corrected chi connectivity index (χ3v) is 8.13. The van der Waals surface area contributed by atoms with Gasteiger partial charge in [0.1, 0.15) is 12.1 Å². The van der Waals surface area contributed by atoms with Crippen LogP contribution < -0.4 is 15.8 Å². The summed E-state index contributed by atoms with van der Waals surface area (Å²) in [4.78, 5) is 44.6. The number of nitrogens with two attached hydrogens (primary N) is 1. The van der Waals surface area contributed by atoms with Gasteiger partial charge in [-0.15, -0.1) is 11.3 Å². The van der Waals surface area contributed by atoms with E-state index in [1.165, 1.54) is 45.7 Å². The SMILES string of the molecule is Cn1cnc(S(=O)(=O)N[C@H]2CCN(C(=O)c3ccco3)[C@H](C(=O)N[C@@H](Cc3cccs3)C(N)=O)C2)c1. The number of primary amides is 1. The van der Waals surface area contributed by atoms with Gasteiger partial charge >= 0.3 is 0 Å². The molecule has 0 spiro atoms. The van der Waals surface area contributed by atoms with Gasteiger partial charge in [0.2, 0.25) is 11.8 Å². The van der Waals surface area contributed by atoms with Crippen LogP contribution in [-0.2, 0) is 33.1 Å². The molecule has 12 nitrogen and oxygen atoms in total. The minimum Gasteiger partial charge on any atom is -0.459 e. The van der Waals surface area contributed by atoms with Gasteiger partial charge in [-0.1, -0.05) is 6.07 Å². The highest BCUT2D eigenvalue weighted by Gasteiger charge is 2.40. The monoisotopic (exact) mass is 534 g/mol. The van der Waals surface area contributed by atoms with E-state index in [-0.39, 0.29) is 36.6 Å². The van der Waals surface area contributed by atoms with E-state index in [1.807, 2.05) is 17.5 Å². The lowest BCUT2D eigenvalue weighted by atomic mass is 9.96. The van der Waals surface area contributed by atoms with Crippen molar-refractivity contribution in [3.05, 3.63) is 59.1 Å². The molecule has 4 heterocycles. The lowest BCUT2D eigenvalue weighted by Gasteiger charge is -2.38. The Hall–Kier alpha value is -3.49. The average Bonchev–Trinajstić information content (AvgIpc) is 3.61. The van der Waals surface area contributed by atoms with Crippen molar-refractivity contribution in [3.8, 4) is 0 Å². The van der Waals surface area contributed by atoms with E-state index in [0.29, 0.717) is 0 Å². The zero-order chi connectivity index (χ0) is 25.9. The van der Waals surface area contributed by atoms with Crippen molar-refractivity contribution in [1.29, 1.82) is 0 Å². The molecule has 3 aromatic heterocycles. The van der Waals surface area contributed by atoms with Gasteiger partial charge in [0.25, 0.3) is 15.9 Å². The first-order valence-electron chi connectivity index (χ1n) is 11.1. The van der Waals surface area contributed by atoms with Crippen LogP contribution in [0.1, 0.15) is 28.3 Å². The number of nitrogens with zero attached hydrogens (tertiary/aromatic N) is 3. The molecule has 1 aliphatic heterocycles. The lowest BCUT2D eigenvalue weighted by Crippen LogP contribution is -2.59. The van der Waals surface area contributed by atoms with Gasteiger partial charge in [-0.3, -0.25) is 14.4 Å². The van der Waals surface area contributed by atoms with Crippen LogP contribution in [0.2, 0.25) is 0 Å². The van der Waals surface area contributed by atoms with Crippen LogP contribution in [0.15, 0.2) is 57.9 Å². The minimum absolute atomic E-state index is 0.0190. The molecule has 3 atom stereocenters. The van der Waals surface area contributed by atoms with E-state index in [4.69, 9.17) is 10.2 Å².